The van der Waals surface area contributed by atoms with E-state index in [0.29, 0.717) is 16.9 Å². The van der Waals surface area contributed by atoms with Crippen molar-refractivity contribution in [2.24, 2.45) is 5.10 Å². The average Bonchev–Trinajstić information content (AvgIpc) is 2.75. The average molecular weight is 417 g/mol. The molecule has 154 valence electrons. The van der Waals surface area contributed by atoms with Gasteiger partial charge in [-0.15, -0.1) is 0 Å². The summed E-state index contributed by atoms with van der Waals surface area (Å²) in [5.74, 6) is -1.27. The Labute approximate surface area is 168 Å². The molecule has 0 spiro atoms. The highest BCUT2D eigenvalue weighted by molar-refractivity contribution is 5.95. The van der Waals surface area contributed by atoms with Gasteiger partial charge < -0.3 is 9.47 Å². The number of nitrogens with one attached hydrogen (secondary N) is 1. The van der Waals surface area contributed by atoms with Gasteiger partial charge in [-0.3, -0.25) is 9.78 Å². The monoisotopic (exact) mass is 417 g/mol. The fourth-order valence-corrected chi connectivity index (χ4v) is 2.31. The Hall–Kier alpha value is -4.02. The number of hydrazone groups is 1. The van der Waals surface area contributed by atoms with Gasteiger partial charge in [-0.25, -0.2) is 15.4 Å². The van der Waals surface area contributed by atoms with Crippen LogP contribution in [-0.4, -0.2) is 40.8 Å². The van der Waals surface area contributed by atoms with Crippen molar-refractivity contribution in [3.63, 3.8) is 0 Å². The SMILES string of the molecule is COc1cnc(F)c(/C=N/NC(=O)c2cncc(-c3ccc(OC(F)F)nc3)c2)c1. The highest BCUT2D eigenvalue weighted by Gasteiger charge is 2.10. The lowest BCUT2D eigenvalue weighted by atomic mass is 10.1. The zero-order valence-corrected chi connectivity index (χ0v) is 15.4. The van der Waals surface area contributed by atoms with Crippen molar-refractivity contribution >= 4 is 12.1 Å². The van der Waals surface area contributed by atoms with Gasteiger partial charge in [0.25, 0.3) is 5.91 Å². The fraction of sp³-hybridized carbons (Fsp3) is 0.105. The van der Waals surface area contributed by atoms with Crippen molar-refractivity contribution in [1.29, 1.82) is 0 Å². The lowest BCUT2D eigenvalue weighted by Gasteiger charge is -2.06. The summed E-state index contributed by atoms with van der Waals surface area (Å²) in [6.07, 6.45) is 6.40. The van der Waals surface area contributed by atoms with Crippen LogP contribution in [0, 0.1) is 5.95 Å². The summed E-state index contributed by atoms with van der Waals surface area (Å²) in [4.78, 5) is 23.5. The van der Waals surface area contributed by atoms with Gasteiger partial charge >= 0.3 is 6.61 Å². The number of carbonyl (C=O) groups excluding carboxylic acids is 1. The lowest BCUT2D eigenvalue weighted by molar-refractivity contribution is -0.0528. The van der Waals surface area contributed by atoms with Crippen LogP contribution in [0.15, 0.2) is 54.2 Å². The fourth-order valence-electron chi connectivity index (χ4n) is 2.31. The van der Waals surface area contributed by atoms with E-state index in [1.54, 1.807) is 0 Å². The first-order valence-electron chi connectivity index (χ1n) is 8.35. The minimum Gasteiger partial charge on any atom is -0.495 e. The number of nitrogens with zero attached hydrogens (tertiary/aromatic N) is 4. The molecule has 0 saturated carbocycles. The molecule has 0 saturated heterocycles. The van der Waals surface area contributed by atoms with Gasteiger partial charge in [-0.05, 0) is 18.2 Å². The van der Waals surface area contributed by atoms with E-state index in [9.17, 15) is 18.0 Å². The van der Waals surface area contributed by atoms with E-state index in [1.165, 1.54) is 56.2 Å². The van der Waals surface area contributed by atoms with Crippen LogP contribution in [0.5, 0.6) is 11.6 Å². The molecule has 0 aliphatic heterocycles. The van der Waals surface area contributed by atoms with Gasteiger partial charge in [-0.2, -0.15) is 18.3 Å². The van der Waals surface area contributed by atoms with Crippen LogP contribution in [0.4, 0.5) is 13.2 Å². The van der Waals surface area contributed by atoms with Crippen LogP contribution in [0.25, 0.3) is 11.1 Å². The normalized spacial score (nSPS) is 11.0. The lowest BCUT2D eigenvalue weighted by Crippen LogP contribution is -2.18. The molecule has 0 bridgehead atoms. The second-order valence-electron chi connectivity index (χ2n) is 5.68. The molecule has 0 aliphatic rings. The quantitative estimate of drug-likeness (QED) is 0.360. The van der Waals surface area contributed by atoms with Gasteiger partial charge in [0.05, 0.1) is 30.6 Å². The summed E-state index contributed by atoms with van der Waals surface area (Å²) in [6.45, 7) is -2.97. The van der Waals surface area contributed by atoms with Crippen molar-refractivity contribution in [3.05, 3.63) is 66.1 Å². The Morgan fingerprint density at radius 2 is 1.97 bits per heavy atom. The highest BCUT2D eigenvalue weighted by Crippen LogP contribution is 2.21. The van der Waals surface area contributed by atoms with Gasteiger partial charge in [-0.1, -0.05) is 0 Å². The second kappa shape index (κ2) is 9.45. The zero-order valence-electron chi connectivity index (χ0n) is 15.4. The molecule has 30 heavy (non-hydrogen) atoms. The molecule has 0 fully saturated rings. The number of amides is 1. The van der Waals surface area contributed by atoms with E-state index in [2.05, 4.69) is 30.2 Å². The second-order valence-corrected chi connectivity index (χ2v) is 5.68. The molecule has 0 aliphatic carbocycles. The van der Waals surface area contributed by atoms with Crippen molar-refractivity contribution in [3.8, 4) is 22.8 Å². The zero-order chi connectivity index (χ0) is 21.5. The standard InChI is InChI=1S/C19H14F3N5O3/c1-29-15-5-13(17(20)25-10-15)9-26-27-18(28)14-4-12(6-23-7-14)11-2-3-16(24-8-11)30-19(21)22/h2-10,19H,1H3,(H,27,28)/b26-9+. The number of alkyl halides is 2. The van der Waals surface area contributed by atoms with Crippen molar-refractivity contribution in [2.75, 3.05) is 7.11 Å². The van der Waals surface area contributed by atoms with Gasteiger partial charge in [0, 0.05) is 35.8 Å². The Balaban J connectivity index is 1.70. The number of pyridine rings is 3. The molecule has 3 rings (SSSR count). The van der Waals surface area contributed by atoms with Gasteiger partial charge in [0.2, 0.25) is 11.8 Å². The molecule has 1 N–H and O–H groups in total. The van der Waals surface area contributed by atoms with E-state index in [1.807, 2.05) is 0 Å². The molecular formula is C19H14F3N5O3. The Bertz CT molecular complexity index is 1060. The Morgan fingerprint density at radius 3 is 2.67 bits per heavy atom. The van der Waals surface area contributed by atoms with E-state index < -0.39 is 18.5 Å². The summed E-state index contributed by atoms with van der Waals surface area (Å²) in [5, 5.41) is 3.71. The third-order valence-corrected chi connectivity index (χ3v) is 3.73. The van der Waals surface area contributed by atoms with E-state index in [-0.39, 0.29) is 17.0 Å². The maximum atomic E-state index is 13.7. The smallest absolute Gasteiger partial charge is 0.388 e. The highest BCUT2D eigenvalue weighted by atomic mass is 19.3. The molecule has 0 unspecified atom stereocenters. The molecule has 0 atom stereocenters. The third kappa shape index (κ3) is 5.28. The van der Waals surface area contributed by atoms with Crippen molar-refractivity contribution < 1.29 is 27.4 Å². The first-order valence-corrected chi connectivity index (χ1v) is 8.35. The van der Waals surface area contributed by atoms with Crippen molar-refractivity contribution in [2.45, 2.75) is 6.61 Å². The molecule has 3 aromatic rings. The van der Waals surface area contributed by atoms with Crippen LogP contribution in [0.2, 0.25) is 0 Å². The summed E-state index contributed by atoms with van der Waals surface area (Å²) >= 11 is 0. The Kier molecular flexibility index (Phi) is 6.53. The van der Waals surface area contributed by atoms with E-state index in [4.69, 9.17) is 4.74 Å². The number of hydrogen-bond donors (Lipinski definition) is 1. The number of halogens is 3. The van der Waals surface area contributed by atoms with Gasteiger partial charge in [0.15, 0.2) is 0 Å². The summed E-state index contributed by atoms with van der Waals surface area (Å²) in [5.41, 5.74) is 3.51. The van der Waals surface area contributed by atoms with Crippen LogP contribution in [-0.2, 0) is 0 Å². The Morgan fingerprint density at radius 1 is 1.13 bits per heavy atom. The molecule has 11 heteroatoms. The number of rotatable bonds is 7. The van der Waals surface area contributed by atoms with Gasteiger partial charge in [0.1, 0.15) is 5.75 Å². The minimum atomic E-state index is -2.97. The molecule has 1 amide bonds. The summed E-state index contributed by atoms with van der Waals surface area (Å²) < 4.78 is 47.2. The predicted molar refractivity (Wildman–Crippen MR) is 99.9 cm³/mol. The summed E-state index contributed by atoms with van der Waals surface area (Å²) in [6, 6.07) is 5.65. The molecular weight excluding hydrogens is 403 g/mol. The molecule has 0 aromatic carbocycles. The number of ether oxygens (including phenoxy) is 2. The predicted octanol–water partition coefficient (Wildman–Crippen LogP) is 3.05. The molecule has 0 radical (unpaired) electrons. The first-order chi connectivity index (χ1) is 14.5. The largest absolute Gasteiger partial charge is 0.495 e. The van der Waals surface area contributed by atoms with Crippen LogP contribution < -0.4 is 14.9 Å². The van der Waals surface area contributed by atoms with Crippen LogP contribution in [0.3, 0.4) is 0 Å². The molecule has 3 heterocycles. The topological polar surface area (TPSA) is 98.6 Å². The van der Waals surface area contributed by atoms with E-state index >= 15 is 0 Å². The maximum Gasteiger partial charge on any atom is 0.388 e. The minimum absolute atomic E-state index is 0.0266. The number of hydrogen-bond acceptors (Lipinski definition) is 7. The van der Waals surface area contributed by atoms with Crippen molar-refractivity contribution in [1.82, 2.24) is 20.4 Å². The number of aromatic nitrogens is 3. The number of carbonyl (C=O) groups is 1. The number of methoxy groups -OCH3 is 1. The summed E-state index contributed by atoms with van der Waals surface area (Å²) in [7, 11) is 1.41. The molecule has 3 aromatic heterocycles. The first kappa shape index (κ1) is 20.7. The van der Waals surface area contributed by atoms with E-state index in [0.717, 1.165) is 6.21 Å². The van der Waals surface area contributed by atoms with Crippen LogP contribution >= 0.6 is 0 Å². The third-order valence-electron chi connectivity index (χ3n) is 3.73. The van der Waals surface area contributed by atoms with Crippen LogP contribution in [0.1, 0.15) is 15.9 Å². The molecule has 8 nitrogen and oxygen atoms in total. The maximum absolute atomic E-state index is 13.7.